The van der Waals surface area contributed by atoms with Gasteiger partial charge in [-0.2, -0.15) is 0 Å². The van der Waals surface area contributed by atoms with E-state index in [0.717, 1.165) is 43.8 Å². The molecule has 0 radical (unpaired) electrons. The largest absolute Gasteiger partial charge is 0.296 e. The fourth-order valence-corrected chi connectivity index (χ4v) is 7.65. The van der Waals surface area contributed by atoms with Gasteiger partial charge in [0.25, 0.3) is 0 Å². The van der Waals surface area contributed by atoms with Gasteiger partial charge in [-0.3, -0.25) is 4.57 Å². The molecule has 2 nitrogen and oxygen atoms in total. The lowest BCUT2D eigenvalue weighted by atomic mass is 9.84. The summed E-state index contributed by atoms with van der Waals surface area (Å²) in [5.74, 6) is -0.239. The molecule has 0 unspecified atom stereocenters. The molecule has 0 atom stereocenters. The second-order valence-corrected chi connectivity index (χ2v) is 13.2. The van der Waals surface area contributed by atoms with Crippen molar-refractivity contribution in [2.24, 2.45) is 0 Å². The molecule has 2 heteroatoms. The van der Waals surface area contributed by atoms with Crippen molar-refractivity contribution in [2.45, 2.75) is 13.2 Å². The molecule has 10 aromatic rings. The quantitative estimate of drug-likeness (QED) is 0.150. The predicted octanol–water partition coefficient (Wildman–Crippen LogP) is 14.2. The minimum absolute atomic E-state index is 0.110. The molecular weight excluding hydrogens is 665 g/mol. The van der Waals surface area contributed by atoms with Gasteiger partial charge in [-0.05, 0) is 126 Å². The summed E-state index contributed by atoms with van der Waals surface area (Å²) in [6, 6.07) is 37.7. The monoisotopic (exact) mass is 717 g/mol. The van der Waals surface area contributed by atoms with E-state index in [-0.39, 0.29) is 28.1 Å². The number of rotatable bonds is 7. The highest BCUT2D eigenvalue weighted by Crippen LogP contribution is 2.46. The van der Waals surface area contributed by atoms with Gasteiger partial charge in [0.05, 0.1) is 24.7 Å². The maximum atomic E-state index is 8.93. The van der Waals surface area contributed by atoms with Crippen molar-refractivity contribution < 1.29 is 20.6 Å². The second-order valence-electron chi connectivity index (χ2n) is 13.2. The summed E-state index contributed by atoms with van der Waals surface area (Å²) >= 11 is 0. The fraction of sp³-hybridized carbons (Fsp3) is 0.0377. The molecule has 0 fully saturated rings. The van der Waals surface area contributed by atoms with Crippen molar-refractivity contribution >= 4 is 32.6 Å². The zero-order valence-electron chi connectivity index (χ0n) is 44.2. The highest BCUT2D eigenvalue weighted by atomic mass is 15.1. The van der Waals surface area contributed by atoms with Crippen LogP contribution in [0, 0.1) is 0 Å². The number of hydrogen-bond donors (Lipinski definition) is 0. The van der Waals surface area contributed by atoms with Gasteiger partial charge in [-0.1, -0.05) is 158 Å². The van der Waals surface area contributed by atoms with Crippen LogP contribution in [-0.4, -0.2) is 9.55 Å². The van der Waals surface area contributed by atoms with Crippen molar-refractivity contribution in [3.63, 3.8) is 0 Å². The molecule has 0 spiro atoms. The minimum atomic E-state index is -3.00. The van der Waals surface area contributed by atoms with Gasteiger partial charge in [0, 0.05) is 18.9 Å². The lowest BCUT2D eigenvalue weighted by Crippen LogP contribution is -2.00. The summed E-state index contributed by atoms with van der Waals surface area (Å²) in [6.07, 6.45) is -2.78. The van der Waals surface area contributed by atoms with Crippen LogP contribution < -0.4 is 0 Å². The third-order valence-corrected chi connectivity index (χ3v) is 9.99. The van der Waals surface area contributed by atoms with E-state index in [0.29, 0.717) is 27.8 Å². The maximum absolute atomic E-state index is 8.93. The standard InChI is InChI=1S/C53H38N2/c1-2-51-54-49-29-13-14-30-50(49)55(51)44-24-16-22-39(35-44)38-21-15-23-40(31-38)52-45-25-9-11-27-47(45)53(48-28-12-10-26-46(48)52)43-33-41(36-17-5-3-6-18-36)32-42(34-43)37-19-7-4-8-20-37/h3-35H,2H2,1H3/i1D3,2D2,3D,4D,5D,6D,7D,8D,17D,18D,19D,20D. The van der Waals surface area contributed by atoms with Crippen LogP contribution in [0.5, 0.6) is 0 Å². The Labute approximate surface area is 342 Å². The van der Waals surface area contributed by atoms with Crippen molar-refractivity contribution in [1.29, 1.82) is 0 Å². The molecule has 0 amide bonds. The fourth-order valence-electron chi connectivity index (χ4n) is 7.65. The lowest BCUT2D eigenvalue weighted by Gasteiger charge is -2.19. The molecule has 260 valence electrons. The summed E-state index contributed by atoms with van der Waals surface area (Å²) in [5, 5.41) is 3.22. The first-order valence-electron chi connectivity index (χ1n) is 25.2. The number of benzene rings is 9. The van der Waals surface area contributed by atoms with E-state index < -0.39 is 73.6 Å². The molecule has 0 saturated heterocycles. The SMILES string of the molecule is [2H]c1c([2H])c([2H])c(-c2cc(-c3c([2H])c([2H])c([2H])c([2H])c3[2H])cc(-c3c4ccccc4c(-c4cccc(-c5cccc(-n6c(C([2H])([2H])C([2H])([2H])[2H])nc7ccccc76)c5)c4)c4ccccc34)c2)c([2H])c1[2H]. The average molecular weight is 718 g/mol. The molecule has 1 aromatic heterocycles. The molecule has 0 aliphatic rings. The van der Waals surface area contributed by atoms with Crippen LogP contribution in [0.15, 0.2) is 200 Å². The zero-order chi connectivity index (χ0) is 49.7. The molecule has 0 bridgehead atoms. The van der Waals surface area contributed by atoms with Crippen molar-refractivity contribution in [1.82, 2.24) is 9.55 Å². The van der Waals surface area contributed by atoms with Crippen molar-refractivity contribution in [3.8, 4) is 61.3 Å². The van der Waals surface area contributed by atoms with Crippen LogP contribution in [0.2, 0.25) is 0 Å². The van der Waals surface area contributed by atoms with Crippen LogP contribution in [0.25, 0.3) is 93.9 Å². The van der Waals surface area contributed by atoms with Gasteiger partial charge < -0.3 is 0 Å². The van der Waals surface area contributed by atoms with Crippen LogP contribution >= 0.6 is 0 Å². The average Bonchev–Trinajstić information content (AvgIpc) is 3.76. The normalized spacial score (nSPS) is 15.8. The summed E-state index contributed by atoms with van der Waals surface area (Å²) < 4.78 is 130. The van der Waals surface area contributed by atoms with Gasteiger partial charge in [0.2, 0.25) is 0 Å². The number of para-hydroxylation sites is 2. The molecule has 1 heterocycles. The molecule has 0 N–H and O–H groups in total. The topological polar surface area (TPSA) is 17.8 Å². The van der Waals surface area contributed by atoms with E-state index in [1.807, 2.05) is 84.9 Å². The Kier molecular flexibility index (Phi) is 5.11. The van der Waals surface area contributed by atoms with Crippen LogP contribution in [0.3, 0.4) is 0 Å². The maximum Gasteiger partial charge on any atom is 0.114 e. The Morgan fingerprint density at radius 2 is 0.964 bits per heavy atom. The lowest BCUT2D eigenvalue weighted by molar-refractivity contribution is 0.908. The van der Waals surface area contributed by atoms with Gasteiger partial charge in [0.15, 0.2) is 0 Å². The first kappa shape index (κ1) is 20.4. The van der Waals surface area contributed by atoms with Gasteiger partial charge in [-0.15, -0.1) is 0 Å². The van der Waals surface area contributed by atoms with Gasteiger partial charge >= 0.3 is 0 Å². The van der Waals surface area contributed by atoms with Crippen LogP contribution in [0.1, 0.15) is 33.2 Å². The Morgan fingerprint density at radius 1 is 0.473 bits per heavy atom. The Bertz CT molecular complexity index is 3620. The number of imidazole rings is 1. The van der Waals surface area contributed by atoms with E-state index in [1.165, 1.54) is 6.07 Å². The molecule has 9 aromatic carbocycles. The molecule has 0 aliphatic heterocycles. The second kappa shape index (κ2) is 13.7. The highest BCUT2D eigenvalue weighted by molar-refractivity contribution is 6.21. The zero-order valence-corrected chi connectivity index (χ0v) is 29.2. The van der Waals surface area contributed by atoms with Crippen LogP contribution in [0.4, 0.5) is 0 Å². The molecule has 55 heavy (non-hydrogen) atoms. The molecular formula is C53H38N2. The summed E-state index contributed by atoms with van der Waals surface area (Å²) in [6.45, 7) is -3.00. The number of nitrogens with zero attached hydrogens (tertiary/aromatic N) is 2. The summed E-state index contributed by atoms with van der Waals surface area (Å²) in [5.41, 5.74) is 6.20. The molecule has 0 aliphatic carbocycles. The first-order valence-corrected chi connectivity index (χ1v) is 17.7. The third-order valence-electron chi connectivity index (χ3n) is 9.99. The Morgan fingerprint density at radius 3 is 1.58 bits per heavy atom. The molecule has 0 saturated carbocycles. The number of aromatic nitrogens is 2. The summed E-state index contributed by atoms with van der Waals surface area (Å²) in [4.78, 5) is 4.50. The first-order chi connectivity index (χ1) is 33.3. The van der Waals surface area contributed by atoms with Gasteiger partial charge in [0.1, 0.15) is 5.82 Å². The predicted molar refractivity (Wildman–Crippen MR) is 233 cm³/mol. The van der Waals surface area contributed by atoms with E-state index in [2.05, 4.69) is 11.1 Å². The smallest absolute Gasteiger partial charge is 0.114 e. The van der Waals surface area contributed by atoms with E-state index in [9.17, 15) is 0 Å². The Balaban J connectivity index is 1.20. The Hall–Kier alpha value is -7.03. The van der Waals surface area contributed by atoms with Crippen molar-refractivity contribution in [3.05, 3.63) is 206 Å². The van der Waals surface area contributed by atoms with E-state index in [4.69, 9.17) is 20.6 Å². The summed E-state index contributed by atoms with van der Waals surface area (Å²) in [7, 11) is 0. The third kappa shape index (κ3) is 5.80. The minimum Gasteiger partial charge on any atom is -0.296 e. The molecule has 10 rings (SSSR count). The number of aryl methyl sites for hydroxylation is 1. The highest BCUT2D eigenvalue weighted by Gasteiger charge is 2.19. The number of fused-ring (bicyclic) bond motifs is 3. The number of hydrogen-bond acceptors (Lipinski definition) is 1. The van der Waals surface area contributed by atoms with Crippen LogP contribution in [-0.2, 0) is 6.37 Å². The van der Waals surface area contributed by atoms with Gasteiger partial charge in [-0.25, -0.2) is 4.98 Å². The van der Waals surface area contributed by atoms with Crippen molar-refractivity contribution in [2.75, 3.05) is 0 Å². The van der Waals surface area contributed by atoms with E-state index >= 15 is 0 Å². The van der Waals surface area contributed by atoms with E-state index in [1.54, 1.807) is 47.0 Å².